The summed E-state index contributed by atoms with van der Waals surface area (Å²) in [6.45, 7) is 2.57. The molecule has 1 heterocycles. The van der Waals surface area contributed by atoms with Crippen LogP contribution in [0.15, 0.2) is 35.4 Å². The number of aromatic nitrogens is 2. The van der Waals surface area contributed by atoms with Crippen molar-refractivity contribution in [1.29, 1.82) is 0 Å². The minimum atomic E-state index is -0.587. The van der Waals surface area contributed by atoms with Gasteiger partial charge in [-0.25, -0.2) is 4.98 Å². The predicted octanol–water partition coefficient (Wildman–Crippen LogP) is 3.56. The Hall–Kier alpha value is -1.82. The van der Waals surface area contributed by atoms with E-state index in [-0.39, 0.29) is 5.88 Å². The number of rotatable bonds is 5. The van der Waals surface area contributed by atoms with Gasteiger partial charge in [0, 0.05) is 11.4 Å². The van der Waals surface area contributed by atoms with Crippen LogP contribution in [0.25, 0.3) is 0 Å². The molecular weight excluding hydrogens is 265 g/mol. The maximum absolute atomic E-state index is 13.6. The second kappa shape index (κ2) is 6.38. The fourth-order valence-electron chi connectivity index (χ4n) is 1.42. The molecule has 1 aromatic carbocycles. The Labute approximate surface area is 115 Å². The summed E-state index contributed by atoms with van der Waals surface area (Å²) in [7, 11) is 0. The third-order valence-electron chi connectivity index (χ3n) is 2.32. The quantitative estimate of drug-likeness (QED) is 0.848. The van der Waals surface area contributed by atoms with E-state index in [4.69, 9.17) is 4.74 Å². The Balaban J connectivity index is 2.18. The normalized spacial score (nSPS) is 10.3. The molecule has 0 bridgehead atoms. The van der Waals surface area contributed by atoms with Crippen LogP contribution < -0.4 is 10.1 Å². The molecule has 2 aromatic rings. The molecule has 0 fully saturated rings. The first-order valence-electron chi connectivity index (χ1n) is 5.81. The maximum atomic E-state index is 13.6. The van der Waals surface area contributed by atoms with Gasteiger partial charge in [0.25, 0.3) is 5.88 Å². The zero-order chi connectivity index (χ0) is 13.7. The summed E-state index contributed by atoms with van der Waals surface area (Å²) in [4.78, 5) is 8.91. The highest BCUT2D eigenvalue weighted by Crippen LogP contribution is 2.25. The summed E-state index contributed by atoms with van der Waals surface area (Å²) in [6, 6.07) is 7.37. The second-order valence-electron chi connectivity index (χ2n) is 3.65. The lowest BCUT2D eigenvalue weighted by atomic mass is 10.3. The highest BCUT2D eigenvalue weighted by Gasteiger charge is 2.09. The van der Waals surface area contributed by atoms with Crippen LogP contribution in [0.5, 0.6) is 11.6 Å². The van der Waals surface area contributed by atoms with E-state index in [2.05, 4.69) is 15.3 Å². The third-order valence-corrected chi connectivity index (χ3v) is 3.06. The molecule has 0 aliphatic heterocycles. The van der Waals surface area contributed by atoms with Gasteiger partial charge in [-0.2, -0.15) is 9.37 Å². The lowest BCUT2D eigenvalue weighted by Gasteiger charge is -2.08. The van der Waals surface area contributed by atoms with E-state index < -0.39 is 5.82 Å². The fourth-order valence-corrected chi connectivity index (χ4v) is 1.83. The largest absolute Gasteiger partial charge is 0.436 e. The average Bonchev–Trinajstić information content (AvgIpc) is 2.44. The van der Waals surface area contributed by atoms with Crippen molar-refractivity contribution in [2.24, 2.45) is 0 Å². The van der Waals surface area contributed by atoms with E-state index in [9.17, 15) is 4.39 Å². The van der Waals surface area contributed by atoms with E-state index in [1.807, 2.05) is 25.3 Å². The van der Waals surface area contributed by atoms with Gasteiger partial charge in [0.2, 0.25) is 11.8 Å². The summed E-state index contributed by atoms with van der Waals surface area (Å²) >= 11 is 1.63. The van der Waals surface area contributed by atoms with Crippen LogP contribution in [0.3, 0.4) is 0 Å². The Bertz CT molecular complexity index is 548. The summed E-state index contributed by atoms with van der Waals surface area (Å²) in [5.74, 6) is 0.218. The van der Waals surface area contributed by atoms with Crippen LogP contribution in [-0.4, -0.2) is 22.8 Å². The van der Waals surface area contributed by atoms with Crippen molar-refractivity contribution in [1.82, 2.24) is 9.97 Å². The van der Waals surface area contributed by atoms with Crippen molar-refractivity contribution in [2.75, 3.05) is 18.1 Å². The van der Waals surface area contributed by atoms with Gasteiger partial charge >= 0.3 is 0 Å². The van der Waals surface area contributed by atoms with Crippen LogP contribution >= 0.6 is 11.8 Å². The second-order valence-corrected chi connectivity index (χ2v) is 4.53. The van der Waals surface area contributed by atoms with Crippen molar-refractivity contribution >= 4 is 17.7 Å². The molecule has 0 unspecified atom stereocenters. The van der Waals surface area contributed by atoms with Gasteiger partial charge in [-0.05, 0) is 37.4 Å². The van der Waals surface area contributed by atoms with E-state index in [0.29, 0.717) is 18.2 Å². The van der Waals surface area contributed by atoms with Gasteiger partial charge < -0.3 is 10.1 Å². The predicted molar refractivity (Wildman–Crippen MR) is 74.5 cm³/mol. The van der Waals surface area contributed by atoms with Crippen LogP contribution in [0.4, 0.5) is 10.3 Å². The summed E-state index contributed by atoms with van der Waals surface area (Å²) in [5, 5.41) is 2.91. The van der Waals surface area contributed by atoms with Gasteiger partial charge in [0.1, 0.15) is 5.75 Å². The zero-order valence-corrected chi connectivity index (χ0v) is 11.5. The number of halogens is 1. The van der Waals surface area contributed by atoms with Crippen LogP contribution in [0, 0.1) is 5.82 Å². The highest BCUT2D eigenvalue weighted by molar-refractivity contribution is 7.98. The van der Waals surface area contributed by atoms with Crippen molar-refractivity contribution < 1.29 is 9.13 Å². The Morgan fingerprint density at radius 3 is 2.68 bits per heavy atom. The minimum Gasteiger partial charge on any atom is -0.436 e. The van der Waals surface area contributed by atoms with Crippen LogP contribution in [0.1, 0.15) is 6.92 Å². The molecule has 6 heteroatoms. The Morgan fingerprint density at radius 2 is 2.05 bits per heavy atom. The summed E-state index contributed by atoms with van der Waals surface area (Å²) in [5.41, 5.74) is 0. The molecule has 0 radical (unpaired) electrons. The van der Waals surface area contributed by atoms with E-state index in [1.54, 1.807) is 23.9 Å². The van der Waals surface area contributed by atoms with Crippen molar-refractivity contribution in [3.8, 4) is 11.6 Å². The summed E-state index contributed by atoms with van der Waals surface area (Å²) in [6.07, 6.45) is 3.08. The maximum Gasteiger partial charge on any atom is 0.260 e. The summed E-state index contributed by atoms with van der Waals surface area (Å²) < 4.78 is 19.0. The van der Waals surface area contributed by atoms with Crippen molar-refractivity contribution in [2.45, 2.75) is 11.8 Å². The molecule has 2 rings (SSSR count). The molecule has 0 spiro atoms. The smallest absolute Gasteiger partial charge is 0.260 e. The molecule has 1 aromatic heterocycles. The third kappa shape index (κ3) is 3.57. The number of benzene rings is 1. The lowest BCUT2D eigenvalue weighted by molar-refractivity contribution is 0.420. The molecular formula is C13H14FN3OS. The van der Waals surface area contributed by atoms with Gasteiger partial charge in [0.15, 0.2) is 0 Å². The van der Waals surface area contributed by atoms with Crippen LogP contribution in [-0.2, 0) is 0 Å². The molecule has 0 aliphatic carbocycles. The lowest BCUT2D eigenvalue weighted by Crippen LogP contribution is -2.04. The first-order chi connectivity index (χ1) is 9.22. The van der Waals surface area contributed by atoms with E-state index in [1.165, 1.54) is 0 Å². The highest BCUT2D eigenvalue weighted by atomic mass is 32.2. The minimum absolute atomic E-state index is 0.0807. The first kappa shape index (κ1) is 13.6. The average molecular weight is 279 g/mol. The molecule has 0 saturated heterocycles. The molecule has 0 amide bonds. The number of thioether (sulfide) groups is 1. The molecule has 4 nitrogen and oxygen atoms in total. The zero-order valence-electron chi connectivity index (χ0n) is 10.7. The van der Waals surface area contributed by atoms with Gasteiger partial charge in [-0.15, -0.1) is 11.8 Å². The molecule has 100 valence electrons. The van der Waals surface area contributed by atoms with Gasteiger partial charge in [-0.3, -0.25) is 0 Å². The van der Waals surface area contributed by atoms with Crippen LogP contribution in [0.2, 0.25) is 0 Å². The molecule has 0 atom stereocenters. The van der Waals surface area contributed by atoms with Gasteiger partial charge in [0.05, 0.1) is 6.20 Å². The molecule has 0 aliphatic rings. The number of hydrogen-bond donors (Lipinski definition) is 1. The van der Waals surface area contributed by atoms with Gasteiger partial charge in [-0.1, -0.05) is 0 Å². The number of hydrogen-bond acceptors (Lipinski definition) is 5. The molecule has 0 saturated carbocycles. The fraction of sp³-hybridized carbons (Fsp3) is 0.231. The van der Waals surface area contributed by atoms with E-state index in [0.717, 1.165) is 11.1 Å². The monoisotopic (exact) mass is 279 g/mol. The number of nitrogens with zero attached hydrogens (tertiary/aromatic N) is 2. The number of nitrogens with one attached hydrogen (secondary N) is 1. The topological polar surface area (TPSA) is 47.0 Å². The Morgan fingerprint density at radius 1 is 1.32 bits per heavy atom. The Kier molecular flexibility index (Phi) is 4.57. The first-order valence-corrected chi connectivity index (χ1v) is 7.03. The number of ether oxygens (including phenoxy) is 1. The van der Waals surface area contributed by atoms with E-state index >= 15 is 0 Å². The number of anilines is 1. The van der Waals surface area contributed by atoms with Crippen molar-refractivity contribution in [3.63, 3.8) is 0 Å². The molecule has 19 heavy (non-hydrogen) atoms. The standard InChI is InChI=1S/C13H14FN3OS/c1-3-15-13-16-8-11(14)12(17-13)18-9-4-6-10(19-2)7-5-9/h4-8H,3H2,1-2H3,(H,15,16,17). The molecule has 1 N–H and O–H groups in total. The SMILES string of the molecule is CCNc1ncc(F)c(Oc2ccc(SC)cc2)n1. The van der Waals surface area contributed by atoms with Crippen molar-refractivity contribution in [3.05, 3.63) is 36.3 Å².